The Morgan fingerprint density at radius 2 is 1.71 bits per heavy atom. The Labute approximate surface area is 156 Å². The minimum Gasteiger partial charge on any atom is -0.366 e. The van der Waals surface area contributed by atoms with Crippen molar-refractivity contribution in [2.75, 3.05) is 45.9 Å². The molecule has 2 heterocycles. The largest absolute Gasteiger partial charge is 0.366 e. The van der Waals surface area contributed by atoms with Crippen molar-refractivity contribution in [3.8, 4) is 0 Å². The molecule has 2 fully saturated rings. The fourth-order valence-corrected chi connectivity index (χ4v) is 3.10. The summed E-state index contributed by atoms with van der Waals surface area (Å²) in [6, 6.07) is 7.35. The highest BCUT2D eigenvalue weighted by atomic mass is 79.9. The molecule has 0 aromatic heterocycles. The zero-order valence-electron chi connectivity index (χ0n) is 13.2. The van der Waals surface area contributed by atoms with Crippen LogP contribution in [0.4, 0.5) is 0 Å². The molecular weight excluding hydrogens is 398 g/mol. The summed E-state index contributed by atoms with van der Waals surface area (Å²) in [7, 11) is 0. The molecule has 0 bridgehead atoms. The van der Waals surface area contributed by atoms with Crippen LogP contribution in [-0.4, -0.2) is 73.6 Å². The monoisotopic (exact) mass is 417 g/mol. The van der Waals surface area contributed by atoms with E-state index in [4.69, 9.17) is 4.74 Å². The number of rotatable bonds is 2. The summed E-state index contributed by atoms with van der Waals surface area (Å²) in [5.74, 6) is 0.0353. The van der Waals surface area contributed by atoms with Gasteiger partial charge in [-0.05, 0) is 24.3 Å². The Kier molecular flexibility index (Phi) is 7.03. The van der Waals surface area contributed by atoms with Gasteiger partial charge in [-0.2, -0.15) is 0 Å². The van der Waals surface area contributed by atoms with Crippen LogP contribution in [-0.2, 0) is 9.53 Å². The molecule has 6 nitrogen and oxygen atoms in total. The second-order valence-corrected chi connectivity index (χ2v) is 6.60. The Morgan fingerprint density at radius 1 is 1.08 bits per heavy atom. The Morgan fingerprint density at radius 3 is 2.29 bits per heavy atom. The van der Waals surface area contributed by atoms with Crippen molar-refractivity contribution in [1.82, 2.24) is 15.1 Å². The summed E-state index contributed by atoms with van der Waals surface area (Å²) in [5, 5.41) is 3.17. The Balaban J connectivity index is 0.00000208. The standard InChI is InChI=1S/C16H20BrN3O3.ClH/c17-13-3-1-12(2-4-13)15(21)19-6-8-20(9-7-19)16(22)14-11-18-5-10-23-14;/h1-4,14,18H,5-11H2;1H. The summed E-state index contributed by atoms with van der Waals surface area (Å²) < 4.78 is 6.46. The zero-order chi connectivity index (χ0) is 16.2. The van der Waals surface area contributed by atoms with Crippen LogP contribution in [0.2, 0.25) is 0 Å². The number of nitrogens with one attached hydrogen (secondary N) is 1. The van der Waals surface area contributed by atoms with Gasteiger partial charge in [0.1, 0.15) is 6.10 Å². The maximum absolute atomic E-state index is 12.5. The number of nitrogens with zero attached hydrogens (tertiary/aromatic N) is 2. The van der Waals surface area contributed by atoms with Crippen LogP contribution in [0.5, 0.6) is 0 Å². The highest BCUT2D eigenvalue weighted by Crippen LogP contribution is 2.14. The highest BCUT2D eigenvalue weighted by Gasteiger charge is 2.30. The quantitative estimate of drug-likeness (QED) is 0.782. The van der Waals surface area contributed by atoms with Crippen molar-refractivity contribution in [3.63, 3.8) is 0 Å². The highest BCUT2D eigenvalue weighted by molar-refractivity contribution is 9.10. The lowest BCUT2D eigenvalue weighted by Gasteiger charge is -2.37. The predicted octanol–water partition coefficient (Wildman–Crippen LogP) is 1.14. The van der Waals surface area contributed by atoms with Gasteiger partial charge in [0.05, 0.1) is 6.61 Å². The Bertz CT molecular complexity index is 570. The number of piperazine rings is 1. The van der Waals surface area contributed by atoms with E-state index in [1.165, 1.54) is 0 Å². The number of benzene rings is 1. The number of hydrogen-bond donors (Lipinski definition) is 1. The van der Waals surface area contributed by atoms with E-state index in [9.17, 15) is 9.59 Å². The molecule has 2 aliphatic heterocycles. The second kappa shape index (κ2) is 8.80. The van der Waals surface area contributed by atoms with Crippen molar-refractivity contribution in [3.05, 3.63) is 34.3 Å². The molecule has 1 aromatic rings. The molecule has 3 rings (SSSR count). The lowest BCUT2D eigenvalue weighted by Crippen LogP contribution is -2.56. The zero-order valence-corrected chi connectivity index (χ0v) is 15.6. The molecular formula is C16H21BrClN3O3. The fraction of sp³-hybridized carbons (Fsp3) is 0.500. The van der Waals surface area contributed by atoms with Crippen LogP contribution in [0.3, 0.4) is 0 Å². The van der Waals surface area contributed by atoms with Gasteiger partial charge in [-0.25, -0.2) is 0 Å². The first kappa shape index (κ1) is 19.2. The number of carbonyl (C=O) groups excluding carboxylic acids is 2. The molecule has 0 saturated carbocycles. The van der Waals surface area contributed by atoms with Crippen LogP contribution < -0.4 is 5.32 Å². The molecule has 1 N–H and O–H groups in total. The molecule has 0 spiro atoms. The van der Waals surface area contributed by atoms with E-state index in [1.54, 1.807) is 9.80 Å². The van der Waals surface area contributed by atoms with Crippen molar-refractivity contribution in [2.24, 2.45) is 0 Å². The number of amides is 2. The van der Waals surface area contributed by atoms with E-state index in [1.807, 2.05) is 24.3 Å². The third-order valence-electron chi connectivity index (χ3n) is 4.17. The number of carbonyl (C=O) groups is 2. The molecule has 0 aliphatic carbocycles. The molecule has 1 atom stereocenters. The summed E-state index contributed by atoms with van der Waals surface area (Å²) in [6.45, 7) is 4.15. The first-order valence-electron chi connectivity index (χ1n) is 7.81. The fourth-order valence-electron chi connectivity index (χ4n) is 2.83. The van der Waals surface area contributed by atoms with E-state index in [2.05, 4.69) is 21.2 Å². The number of halogens is 2. The summed E-state index contributed by atoms with van der Waals surface area (Å²) in [5.41, 5.74) is 0.674. The van der Waals surface area contributed by atoms with Gasteiger partial charge in [0.15, 0.2) is 0 Å². The van der Waals surface area contributed by atoms with Gasteiger partial charge >= 0.3 is 0 Å². The molecule has 8 heteroatoms. The lowest BCUT2D eigenvalue weighted by molar-refractivity contribution is -0.146. The van der Waals surface area contributed by atoms with Gasteiger partial charge < -0.3 is 19.9 Å². The molecule has 2 aliphatic rings. The van der Waals surface area contributed by atoms with Gasteiger partial charge in [-0.15, -0.1) is 12.4 Å². The van der Waals surface area contributed by atoms with Gasteiger partial charge in [0, 0.05) is 49.3 Å². The molecule has 2 amide bonds. The Hall–Kier alpha value is -1.15. The topological polar surface area (TPSA) is 61.9 Å². The normalized spacial score (nSPS) is 21.1. The first-order valence-corrected chi connectivity index (χ1v) is 8.60. The molecule has 2 saturated heterocycles. The average Bonchev–Trinajstić information content (AvgIpc) is 2.62. The third-order valence-corrected chi connectivity index (χ3v) is 4.70. The van der Waals surface area contributed by atoms with Gasteiger partial charge in [-0.1, -0.05) is 15.9 Å². The molecule has 24 heavy (non-hydrogen) atoms. The lowest BCUT2D eigenvalue weighted by atomic mass is 10.1. The second-order valence-electron chi connectivity index (χ2n) is 5.69. The van der Waals surface area contributed by atoms with E-state index in [-0.39, 0.29) is 24.2 Å². The number of hydrogen-bond acceptors (Lipinski definition) is 4. The minimum atomic E-state index is -0.391. The first-order chi connectivity index (χ1) is 11.1. The van der Waals surface area contributed by atoms with Crippen LogP contribution in [0.1, 0.15) is 10.4 Å². The molecule has 1 aromatic carbocycles. The SMILES string of the molecule is Cl.O=C(c1ccc(Br)cc1)N1CCN(C(=O)C2CNCCO2)CC1. The average molecular weight is 419 g/mol. The number of ether oxygens (including phenoxy) is 1. The van der Waals surface area contributed by atoms with Crippen molar-refractivity contribution in [1.29, 1.82) is 0 Å². The van der Waals surface area contributed by atoms with Gasteiger partial charge in [0.2, 0.25) is 0 Å². The van der Waals surface area contributed by atoms with E-state index in [0.717, 1.165) is 11.0 Å². The van der Waals surface area contributed by atoms with Crippen LogP contribution in [0, 0.1) is 0 Å². The summed E-state index contributed by atoms with van der Waals surface area (Å²) in [6.07, 6.45) is -0.391. The minimum absolute atomic E-state index is 0. The van der Waals surface area contributed by atoms with Crippen LogP contribution in [0.25, 0.3) is 0 Å². The van der Waals surface area contributed by atoms with Crippen molar-refractivity contribution < 1.29 is 14.3 Å². The summed E-state index contributed by atoms with van der Waals surface area (Å²) in [4.78, 5) is 28.4. The van der Waals surface area contributed by atoms with Gasteiger partial charge in [0.25, 0.3) is 11.8 Å². The molecule has 0 radical (unpaired) electrons. The van der Waals surface area contributed by atoms with Gasteiger partial charge in [-0.3, -0.25) is 9.59 Å². The van der Waals surface area contributed by atoms with Crippen molar-refractivity contribution >= 4 is 40.2 Å². The van der Waals surface area contributed by atoms with Crippen molar-refractivity contribution in [2.45, 2.75) is 6.10 Å². The summed E-state index contributed by atoms with van der Waals surface area (Å²) >= 11 is 3.37. The third kappa shape index (κ3) is 4.47. The maximum atomic E-state index is 12.5. The predicted molar refractivity (Wildman–Crippen MR) is 96.5 cm³/mol. The van der Waals surface area contributed by atoms with E-state index < -0.39 is 6.10 Å². The molecule has 1 unspecified atom stereocenters. The number of morpholine rings is 1. The van der Waals surface area contributed by atoms with E-state index in [0.29, 0.717) is 44.9 Å². The maximum Gasteiger partial charge on any atom is 0.253 e. The van der Waals surface area contributed by atoms with Crippen LogP contribution >= 0.6 is 28.3 Å². The smallest absolute Gasteiger partial charge is 0.253 e. The van der Waals surface area contributed by atoms with E-state index >= 15 is 0 Å². The van der Waals surface area contributed by atoms with Crippen LogP contribution in [0.15, 0.2) is 28.7 Å². The molecule has 132 valence electrons.